The van der Waals surface area contributed by atoms with Crippen LogP contribution in [0.2, 0.25) is 0 Å². The van der Waals surface area contributed by atoms with Crippen LogP contribution in [0.3, 0.4) is 0 Å². The van der Waals surface area contributed by atoms with Crippen molar-refractivity contribution in [2.45, 2.75) is 20.0 Å². The SMILES string of the molecule is CC(C)COCCOC(C(=O)O)c1ccccc1. The van der Waals surface area contributed by atoms with Crippen LogP contribution >= 0.6 is 0 Å². The lowest BCUT2D eigenvalue weighted by molar-refractivity contribution is -0.152. The number of carboxylic acids is 1. The average Bonchev–Trinajstić information content (AvgIpc) is 2.34. The molecule has 0 bridgehead atoms. The van der Waals surface area contributed by atoms with Crippen molar-refractivity contribution in [1.82, 2.24) is 0 Å². The zero-order chi connectivity index (χ0) is 13.4. The molecule has 18 heavy (non-hydrogen) atoms. The van der Waals surface area contributed by atoms with Crippen molar-refractivity contribution in [3.63, 3.8) is 0 Å². The molecule has 1 N–H and O–H groups in total. The molecule has 0 saturated carbocycles. The number of ether oxygens (including phenoxy) is 2. The number of carboxylic acid groups (broad SMARTS) is 1. The molecule has 0 amide bonds. The highest BCUT2D eigenvalue weighted by molar-refractivity contribution is 5.74. The second-order valence-electron chi connectivity index (χ2n) is 4.47. The van der Waals surface area contributed by atoms with Gasteiger partial charge in [0.1, 0.15) is 0 Å². The molecular weight excluding hydrogens is 232 g/mol. The molecule has 1 aromatic carbocycles. The molecule has 0 spiro atoms. The van der Waals surface area contributed by atoms with Crippen LogP contribution in [0.15, 0.2) is 30.3 Å². The maximum Gasteiger partial charge on any atom is 0.337 e. The van der Waals surface area contributed by atoms with Crippen molar-refractivity contribution in [1.29, 1.82) is 0 Å². The highest BCUT2D eigenvalue weighted by Crippen LogP contribution is 2.16. The number of carbonyl (C=O) groups is 1. The summed E-state index contributed by atoms with van der Waals surface area (Å²) < 4.78 is 10.7. The van der Waals surface area contributed by atoms with Gasteiger partial charge in [-0.05, 0) is 11.5 Å². The highest BCUT2D eigenvalue weighted by atomic mass is 16.5. The summed E-state index contributed by atoms with van der Waals surface area (Å²) in [7, 11) is 0. The Morgan fingerprint density at radius 1 is 1.22 bits per heavy atom. The molecule has 1 rings (SSSR count). The standard InChI is InChI=1S/C14H20O4/c1-11(2)10-17-8-9-18-13(14(15)16)12-6-4-3-5-7-12/h3-7,11,13H,8-10H2,1-2H3,(H,15,16). The Balaban J connectivity index is 2.38. The van der Waals surface area contributed by atoms with Gasteiger partial charge in [-0.15, -0.1) is 0 Å². The zero-order valence-corrected chi connectivity index (χ0v) is 10.8. The summed E-state index contributed by atoms with van der Waals surface area (Å²) in [5, 5.41) is 9.11. The van der Waals surface area contributed by atoms with Crippen molar-refractivity contribution in [3.8, 4) is 0 Å². The quantitative estimate of drug-likeness (QED) is 0.722. The number of benzene rings is 1. The fourth-order valence-corrected chi connectivity index (χ4v) is 1.48. The Hall–Kier alpha value is -1.39. The van der Waals surface area contributed by atoms with E-state index in [9.17, 15) is 4.79 Å². The third-order valence-corrected chi connectivity index (χ3v) is 2.29. The van der Waals surface area contributed by atoms with Gasteiger partial charge in [-0.3, -0.25) is 0 Å². The van der Waals surface area contributed by atoms with Crippen LogP contribution in [-0.4, -0.2) is 30.9 Å². The average molecular weight is 252 g/mol. The molecular formula is C14H20O4. The van der Waals surface area contributed by atoms with Crippen LogP contribution in [0.25, 0.3) is 0 Å². The van der Waals surface area contributed by atoms with Gasteiger partial charge in [0.15, 0.2) is 6.10 Å². The fraction of sp³-hybridized carbons (Fsp3) is 0.500. The Labute approximate surface area is 108 Å². The Morgan fingerprint density at radius 3 is 2.44 bits per heavy atom. The normalized spacial score (nSPS) is 12.6. The van der Waals surface area contributed by atoms with Gasteiger partial charge in [-0.25, -0.2) is 4.79 Å². The number of aliphatic carboxylic acids is 1. The molecule has 0 aliphatic rings. The molecule has 4 heteroatoms. The summed E-state index contributed by atoms with van der Waals surface area (Å²) in [6, 6.07) is 8.92. The van der Waals surface area contributed by atoms with Gasteiger partial charge in [-0.1, -0.05) is 44.2 Å². The van der Waals surface area contributed by atoms with Crippen molar-refractivity contribution >= 4 is 5.97 Å². The first-order valence-electron chi connectivity index (χ1n) is 6.08. The summed E-state index contributed by atoms with van der Waals surface area (Å²) in [6.45, 7) is 5.47. The lowest BCUT2D eigenvalue weighted by Gasteiger charge is -2.14. The fourth-order valence-electron chi connectivity index (χ4n) is 1.48. The van der Waals surface area contributed by atoms with E-state index in [2.05, 4.69) is 13.8 Å². The topological polar surface area (TPSA) is 55.8 Å². The minimum Gasteiger partial charge on any atom is -0.479 e. The second kappa shape index (κ2) is 7.84. The third-order valence-electron chi connectivity index (χ3n) is 2.29. The highest BCUT2D eigenvalue weighted by Gasteiger charge is 2.19. The monoisotopic (exact) mass is 252 g/mol. The molecule has 100 valence electrons. The van der Waals surface area contributed by atoms with E-state index in [-0.39, 0.29) is 6.61 Å². The molecule has 1 unspecified atom stereocenters. The van der Waals surface area contributed by atoms with E-state index in [1.165, 1.54) is 0 Å². The van der Waals surface area contributed by atoms with Gasteiger partial charge in [0.2, 0.25) is 0 Å². The molecule has 0 aromatic heterocycles. The molecule has 0 heterocycles. The number of rotatable bonds is 8. The minimum absolute atomic E-state index is 0.276. The minimum atomic E-state index is -0.981. The first-order valence-corrected chi connectivity index (χ1v) is 6.08. The maximum atomic E-state index is 11.1. The van der Waals surface area contributed by atoms with Crippen LogP contribution < -0.4 is 0 Å². The van der Waals surface area contributed by atoms with Crippen LogP contribution in [0.5, 0.6) is 0 Å². The van der Waals surface area contributed by atoms with Gasteiger partial charge in [0.05, 0.1) is 13.2 Å². The summed E-state index contributed by atoms with van der Waals surface area (Å²) >= 11 is 0. The summed E-state index contributed by atoms with van der Waals surface area (Å²) in [6.07, 6.45) is -0.922. The predicted molar refractivity (Wildman–Crippen MR) is 68.4 cm³/mol. The van der Waals surface area contributed by atoms with Crippen molar-refractivity contribution in [3.05, 3.63) is 35.9 Å². The maximum absolute atomic E-state index is 11.1. The Bertz CT molecular complexity index is 348. The predicted octanol–water partition coefficient (Wildman–Crippen LogP) is 2.50. The van der Waals surface area contributed by atoms with Crippen molar-refractivity contribution in [2.75, 3.05) is 19.8 Å². The lowest BCUT2D eigenvalue weighted by Crippen LogP contribution is -2.18. The lowest BCUT2D eigenvalue weighted by atomic mass is 10.1. The number of hydrogen-bond donors (Lipinski definition) is 1. The Morgan fingerprint density at radius 2 is 1.89 bits per heavy atom. The van der Waals surface area contributed by atoms with Crippen LogP contribution in [-0.2, 0) is 14.3 Å². The van der Waals surface area contributed by atoms with Crippen molar-refractivity contribution in [2.24, 2.45) is 5.92 Å². The summed E-state index contributed by atoms with van der Waals surface area (Å²) in [5.41, 5.74) is 0.647. The van der Waals surface area contributed by atoms with Gasteiger partial charge in [0.25, 0.3) is 0 Å². The first kappa shape index (κ1) is 14.7. The van der Waals surface area contributed by atoms with Crippen LogP contribution in [0.4, 0.5) is 0 Å². The van der Waals surface area contributed by atoms with Crippen LogP contribution in [0, 0.1) is 5.92 Å². The zero-order valence-electron chi connectivity index (χ0n) is 10.8. The molecule has 1 atom stereocenters. The van der Waals surface area contributed by atoms with Crippen LogP contribution in [0.1, 0.15) is 25.5 Å². The molecule has 0 radical (unpaired) electrons. The van der Waals surface area contributed by atoms with E-state index in [0.29, 0.717) is 24.7 Å². The summed E-state index contributed by atoms with van der Waals surface area (Å²) in [4.78, 5) is 11.1. The van der Waals surface area contributed by atoms with E-state index < -0.39 is 12.1 Å². The van der Waals surface area contributed by atoms with Gasteiger partial charge in [-0.2, -0.15) is 0 Å². The van der Waals surface area contributed by atoms with E-state index in [0.717, 1.165) is 0 Å². The molecule has 0 fully saturated rings. The molecule has 0 saturated heterocycles. The van der Waals surface area contributed by atoms with Crippen molar-refractivity contribution < 1.29 is 19.4 Å². The van der Waals surface area contributed by atoms with E-state index in [1.54, 1.807) is 24.3 Å². The number of hydrogen-bond acceptors (Lipinski definition) is 3. The molecule has 0 aliphatic heterocycles. The Kier molecular flexibility index (Phi) is 6.39. The van der Waals surface area contributed by atoms with Gasteiger partial charge < -0.3 is 14.6 Å². The van der Waals surface area contributed by atoms with E-state index >= 15 is 0 Å². The second-order valence-corrected chi connectivity index (χ2v) is 4.47. The summed E-state index contributed by atoms with van der Waals surface area (Å²) in [5.74, 6) is -0.514. The largest absolute Gasteiger partial charge is 0.479 e. The molecule has 4 nitrogen and oxygen atoms in total. The smallest absolute Gasteiger partial charge is 0.337 e. The molecule has 1 aromatic rings. The third kappa shape index (κ3) is 5.29. The van der Waals surface area contributed by atoms with Gasteiger partial charge in [0, 0.05) is 6.61 Å². The first-order chi connectivity index (χ1) is 8.61. The van der Waals surface area contributed by atoms with Gasteiger partial charge >= 0.3 is 5.97 Å². The van der Waals surface area contributed by atoms with E-state index in [1.807, 2.05) is 6.07 Å². The molecule has 0 aliphatic carbocycles. The van der Waals surface area contributed by atoms with E-state index in [4.69, 9.17) is 14.6 Å².